The first-order valence-corrected chi connectivity index (χ1v) is 10.6. The summed E-state index contributed by atoms with van der Waals surface area (Å²) in [5.74, 6) is -0.761. The summed E-state index contributed by atoms with van der Waals surface area (Å²) in [5.41, 5.74) is 2.46. The van der Waals surface area contributed by atoms with Crippen molar-refractivity contribution in [3.63, 3.8) is 0 Å². The van der Waals surface area contributed by atoms with Gasteiger partial charge in [-0.25, -0.2) is 0 Å². The van der Waals surface area contributed by atoms with Gasteiger partial charge in [-0.2, -0.15) is 0 Å². The molecule has 1 atom stereocenters. The van der Waals surface area contributed by atoms with Gasteiger partial charge in [-0.1, -0.05) is 61.7 Å². The van der Waals surface area contributed by atoms with Gasteiger partial charge in [0, 0.05) is 12.1 Å². The SMILES string of the molecule is CCCCCN1C(=O)C(=O)/C(=C(\O)c2cccc(OCC)c2)C1c1cccc(C)c1. The molecule has 0 bridgehead atoms. The van der Waals surface area contributed by atoms with Gasteiger partial charge in [-0.05, 0) is 38.0 Å². The van der Waals surface area contributed by atoms with E-state index in [1.807, 2.05) is 38.1 Å². The lowest BCUT2D eigenvalue weighted by Gasteiger charge is -2.25. The van der Waals surface area contributed by atoms with Gasteiger partial charge in [0.1, 0.15) is 11.5 Å². The second kappa shape index (κ2) is 9.61. The topological polar surface area (TPSA) is 66.8 Å². The Hall–Kier alpha value is -3.08. The molecular formula is C25H29NO4. The highest BCUT2D eigenvalue weighted by Gasteiger charge is 2.45. The van der Waals surface area contributed by atoms with Gasteiger partial charge in [-0.15, -0.1) is 0 Å². The summed E-state index contributed by atoms with van der Waals surface area (Å²) in [7, 11) is 0. The van der Waals surface area contributed by atoms with E-state index in [4.69, 9.17) is 4.74 Å². The van der Waals surface area contributed by atoms with Crippen LogP contribution in [0.5, 0.6) is 5.75 Å². The average molecular weight is 408 g/mol. The van der Waals surface area contributed by atoms with Gasteiger partial charge in [-0.3, -0.25) is 9.59 Å². The van der Waals surface area contributed by atoms with Crippen molar-refractivity contribution >= 4 is 17.4 Å². The van der Waals surface area contributed by atoms with E-state index >= 15 is 0 Å². The van der Waals surface area contributed by atoms with Crippen LogP contribution in [0.3, 0.4) is 0 Å². The van der Waals surface area contributed by atoms with Crippen LogP contribution in [-0.2, 0) is 9.59 Å². The second-order valence-electron chi connectivity index (χ2n) is 7.57. The van der Waals surface area contributed by atoms with E-state index in [-0.39, 0.29) is 11.3 Å². The van der Waals surface area contributed by atoms with Crippen molar-refractivity contribution in [3.8, 4) is 5.75 Å². The zero-order chi connectivity index (χ0) is 21.7. The summed E-state index contributed by atoms with van der Waals surface area (Å²) in [5, 5.41) is 11.1. The van der Waals surface area contributed by atoms with Crippen LogP contribution >= 0.6 is 0 Å². The predicted molar refractivity (Wildman–Crippen MR) is 117 cm³/mol. The molecule has 5 heteroatoms. The Morgan fingerprint density at radius 2 is 1.83 bits per heavy atom. The summed E-state index contributed by atoms with van der Waals surface area (Å²) in [4.78, 5) is 27.5. The Kier molecular flexibility index (Phi) is 6.93. The standard InChI is InChI=1S/C25H29NO4/c1-4-6-7-14-26-22(18-11-8-10-17(3)15-18)21(24(28)25(26)29)23(27)19-12-9-13-20(16-19)30-5-2/h8-13,15-16,22,27H,4-7,14H2,1-3H3/b23-21-. The molecule has 0 aliphatic carbocycles. The van der Waals surface area contributed by atoms with Gasteiger partial charge in [0.15, 0.2) is 0 Å². The number of Topliss-reactive ketones (excluding diaryl/α,β-unsaturated/α-hetero) is 1. The first kappa shape index (κ1) is 21.6. The minimum atomic E-state index is -0.641. The minimum absolute atomic E-state index is 0.135. The van der Waals surface area contributed by atoms with E-state index in [1.54, 1.807) is 29.2 Å². The number of carbonyl (C=O) groups excluding carboxylic acids is 2. The zero-order valence-corrected chi connectivity index (χ0v) is 17.9. The summed E-state index contributed by atoms with van der Waals surface area (Å²) in [6.45, 7) is 6.92. The minimum Gasteiger partial charge on any atom is -0.507 e. The molecule has 1 fully saturated rings. The number of aryl methyl sites for hydroxylation is 1. The van der Waals surface area contributed by atoms with E-state index in [2.05, 4.69) is 6.92 Å². The third kappa shape index (κ3) is 4.40. The Balaban J connectivity index is 2.11. The molecule has 2 aromatic rings. The molecule has 0 saturated carbocycles. The number of aliphatic hydroxyl groups is 1. The zero-order valence-electron chi connectivity index (χ0n) is 17.9. The number of ether oxygens (including phenoxy) is 1. The summed E-state index contributed by atoms with van der Waals surface area (Å²) in [6.07, 6.45) is 2.80. The van der Waals surface area contributed by atoms with Crippen molar-refractivity contribution in [2.45, 2.75) is 46.1 Å². The van der Waals surface area contributed by atoms with Crippen LogP contribution in [-0.4, -0.2) is 34.8 Å². The molecule has 1 unspecified atom stereocenters. The number of amides is 1. The smallest absolute Gasteiger partial charge is 0.295 e. The average Bonchev–Trinajstić information content (AvgIpc) is 2.99. The molecule has 2 aromatic carbocycles. The third-order valence-electron chi connectivity index (χ3n) is 5.32. The molecule has 30 heavy (non-hydrogen) atoms. The number of aliphatic hydroxyl groups excluding tert-OH is 1. The lowest BCUT2D eigenvalue weighted by molar-refractivity contribution is -0.139. The lowest BCUT2D eigenvalue weighted by atomic mass is 9.94. The van der Waals surface area contributed by atoms with E-state index in [9.17, 15) is 14.7 Å². The van der Waals surface area contributed by atoms with Crippen molar-refractivity contribution in [2.75, 3.05) is 13.2 Å². The highest BCUT2D eigenvalue weighted by atomic mass is 16.5. The number of benzene rings is 2. The molecule has 1 aliphatic heterocycles. The number of hydrogen-bond donors (Lipinski definition) is 1. The van der Waals surface area contributed by atoms with Gasteiger partial charge in [0.25, 0.3) is 11.7 Å². The summed E-state index contributed by atoms with van der Waals surface area (Å²) >= 11 is 0. The number of hydrogen-bond acceptors (Lipinski definition) is 4. The Morgan fingerprint density at radius 3 is 2.53 bits per heavy atom. The number of nitrogens with zero attached hydrogens (tertiary/aromatic N) is 1. The fourth-order valence-corrected chi connectivity index (χ4v) is 3.88. The van der Waals surface area contributed by atoms with Crippen molar-refractivity contribution in [1.82, 2.24) is 4.90 Å². The Bertz CT molecular complexity index is 963. The normalized spacial score (nSPS) is 18.1. The lowest BCUT2D eigenvalue weighted by Crippen LogP contribution is -2.30. The van der Waals surface area contributed by atoms with Crippen LogP contribution < -0.4 is 4.74 Å². The van der Waals surface area contributed by atoms with E-state index in [0.717, 1.165) is 30.4 Å². The molecule has 0 spiro atoms. The van der Waals surface area contributed by atoms with Crippen LogP contribution in [0.2, 0.25) is 0 Å². The molecule has 1 N–H and O–H groups in total. The second-order valence-corrected chi connectivity index (χ2v) is 7.57. The first-order chi connectivity index (χ1) is 14.5. The van der Waals surface area contributed by atoms with Crippen LogP contribution in [0.4, 0.5) is 0 Å². The fourth-order valence-electron chi connectivity index (χ4n) is 3.88. The number of unbranched alkanes of at least 4 members (excludes halogenated alkanes) is 2. The molecule has 1 amide bonds. The van der Waals surface area contributed by atoms with Gasteiger partial charge in [0.2, 0.25) is 0 Å². The van der Waals surface area contributed by atoms with Crippen molar-refractivity contribution in [1.29, 1.82) is 0 Å². The Labute approximate surface area is 178 Å². The van der Waals surface area contributed by atoms with Crippen LogP contribution in [0.25, 0.3) is 5.76 Å². The first-order valence-electron chi connectivity index (χ1n) is 10.6. The molecule has 1 heterocycles. The van der Waals surface area contributed by atoms with E-state index in [0.29, 0.717) is 24.5 Å². The van der Waals surface area contributed by atoms with Crippen LogP contribution in [0.1, 0.15) is 55.8 Å². The maximum Gasteiger partial charge on any atom is 0.295 e. The van der Waals surface area contributed by atoms with Gasteiger partial charge >= 0.3 is 0 Å². The molecule has 5 nitrogen and oxygen atoms in total. The molecule has 0 aromatic heterocycles. The maximum absolute atomic E-state index is 13.0. The van der Waals surface area contributed by atoms with Crippen molar-refractivity contribution < 1.29 is 19.4 Å². The molecule has 0 radical (unpaired) electrons. The molecule has 1 aliphatic rings. The number of carbonyl (C=O) groups is 2. The molecule has 1 saturated heterocycles. The number of likely N-dealkylation sites (tertiary alicyclic amines) is 1. The largest absolute Gasteiger partial charge is 0.507 e. The fraction of sp³-hybridized carbons (Fsp3) is 0.360. The Morgan fingerprint density at radius 1 is 1.07 bits per heavy atom. The summed E-state index contributed by atoms with van der Waals surface area (Å²) in [6, 6.07) is 14.1. The van der Waals surface area contributed by atoms with Gasteiger partial charge in [0.05, 0.1) is 18.2 Å². The van der Waals surface area contributed by atoms with Crippen LogP contribution in [0.15, 0.2) is 54.1 Å². The number of ketones is 1. The monoisotopic (exact) mass is 407 g/mol. The van der Waals surface area contributed by atoms with E-state index < -0.39 is 17.7 Å². The van der Waals surface area contributed by atoms with Crippen LogP contribution in [0, 0.1) is 6.92 Å². The molecule has 3 rings (SSSR count). The predicted octanol–water partition coefficient (Wildman–Crippen LogP) is 5.01. The summed E-state index contributed by atoms with van der Waals surface area (Å²) < 4.78 is 5.53. The van der Waals surface area contributed by atoms with Gasteiger partial charge < -0.3 is 14.7 Å². The maximum atomic E-state index is 13.0. The van der Waals surface area contributed by atoms with Crippen molar-refractivity contribution in [2.24, 2.45) is 0 Å². The van der Waals surface area contributed by atoms with E-state index in [1.165, 1.54) is 0 Å². The highest BCUT2D eigenvalue weighted by Crippen LogP contribution is 2.40. The molecular weight excluding hydrogens is 378 g/mol. The third-order valence-corrected chi connectivity index (χ3v) is 5.32. The van der Waals surface area contributed by atoms with Crippen molar-refractivity contribution in [3.05, 3.63) is 70.8 Å². The highest BCUT2D eigenvalue weighted by molar-refractivity contribution is 6.46. The quantitative estimate of drug-likeness (QED) is 0.289. The molecule has 158 valence electrons. The number of rotatable bonds is 8.